The summed E-state index contributed by atoms with van der Waals surface area (Å²) in [7, 11) is 0. The van der Waals surface area contributed by atoms with Crippen LogP contribution in [0.4, 0.5) is 0 Å². The van der Waals surface area contributed by atoms with Crippen LogP contribution in [0.3, 0.4) is 0 Å². The Balaban J connectivity index is 0.000000211. The van der Waals surface area contributed by atoms with Crippen LogP contribution in [0, 0.1) is 4.91 Å². The van der Waals surface area contributed by atoms with E-state index in [2.05, 4.69) is 10.2 Å². The first-order valence-electron chi connectivity index (χ1n) is 3.47. The van der Waals surface area contributed by atoms with Crippen LogP contribution in [0.2, 0.25) is 0 Å². The van der Waals surface area contributed by atoms with Gasteiger partial charge in [-0.05, 0) is 12.1 Å². The van der Waals surface area contributed by atoms with Crippen molar-refractivity contribution in [2.24, 2.45) is 5.18 Å². The average Bonchev–Trinajstić information content (AvgIpc) is 2.64. The fraction of sp³-hybridized carbons (Fsp3) is 0.429. The van der Waals surface area contributed by atoms with E-state index in [-0.39, 0.29) is 13.2 Å². The van der Waals surface area contributed by atoms with Crippen LogP contribution in [-0.2, 0) is 0 Å². The van der Waals surface area contributed by atoms with Crippen molar-refractivity contribution in [3.05, 3.63) is 29.4 Å². The second-order valence-electron chi connectivity index (χ2n) is 2.01. The largest absolute Gasteiger partial charge is 0.394 e. The Morgan fingerprint density at radius 2 is 1.75 bits per heavy atom. The molecule has 3 N–H and O–H groups in total. The van der Waals surface area contributed by atoms with Crippen molar-refractivity contribution >= 4 is 0 Å². The molecule has 0 aliphatic rings. The fourth-order valence-electron chi connectivity index (χ4n) is 0.402. The molecule has 0 atom stereocenters. The van der Waals surface area contributed by atoms with Gasteiger partial charge < -0.3 is 15.2 Å². The molecule has 0 aliphatic heterocycles. The van der Waals surface area contributed by atoms with E-state index in [0.29, 0.717) is 0 Å². The number of hydrogen-bond acceptors (Lipinski definition) is 4. The van der Waals surface area contributed by atoms with Gasteiger partial charge in [0.25, 0.3) is 0 Å². The molecule has 0 aliphatic carbocycles. The number of aliphatic hydroxyl groups is 2. The van der Waals surface area contributed by atoms with E-state index in [9.17, 15) is 4.91 Å². The lowest BCUT2D eigenvalue weighted by molar-refractivity contribution is 0.194. The molecule has 5 heteroatoms. The monoisotopic (exact) mass is 172 g/mol. The van der Waals surface area contributed by atoms with E-state index in [1.165, 1.54) is 0 Å². The first-order chi connectivity index (χ1) is 5.85. The van der Waals surface area contributed by atoms with E-state index >= 15 is 0 Å². The van der Waals surface area contributed by atoms with E-state index in [4.69, 9.17) is 10.2 Å². The zero-order chi connectivity index (χ0) is 9.23. The van der Waals surface area contributed by atoms with Crippen LogP contribution < -0.4 is 0 Å². The molecule has 0 aromatic carbocycles. The molecule has 0 unspecified atom stereocenters. The molecule has 1 rings (SSSR count). The number of nitroso groups, excluding NO2 is 1. The van der Waals surface area contributed by atoms with Gasteiger partial charge in [-0.1, -0.05) is 5.18 Å². The molecule has 1 aromatic rings. The average molecular weight is 172 g/mol. The molecule has 1 heterocycles. The Kier molecular flexibility index (Phi) is 7.11. The highest BCUT2D eigenvalue weighted by Crippen LogP contribution is 1.82. The van der Waals surface area contributed by atoms with Gasteiger partial charge in [0, 0.05) is 12.4 Å². The minimum atomic E-state index is -0.833. The van der Waals surface area contributed by atoms with E-state index in [0.717, 1.165) is 0 Å². The summed E-state index contributed by atoms with van der Waals surface area (Å²) in [6.07, 6.45) is 3.75. The van der Waals surface area contributed by atoms with Gasteiger partial charge in [0.15, 0.2) is 0 Å². The van der Waals surface area contributed by atoms with Crippen LogP contribution in [0.25, 0.3) is 0 Å². The molecule has 0 spiro atoms. The smallest absolute Gasteiger partial charge is 0.138 e. The standard InChI is InChI=1S/C4H5N.C3H7NO3/c1-2-4-5-3-1;5-1-3(2-6)4-7/h1-5H;3,5-6H,1-2H2. The number of nitrogens with zero attached hydrogens (tertiary/aromatic N) is 1. The number of aliphatic hydroxyl groups excluding tert-OH is 2. The lowest BCUT2D eigenvalue weighted by Gasteiger charge is -1.94. The summed E-state index contributed by atoms with van der Waals surface area (Å²) in [5, 5.41) is 18.5. The number of nitrogens with one attached hydrogen (secondary N) is 1. The predicted molar refractivity (Wildman–Crippen MR) is 44.5 cm³/mol. The lowest BCUT2D eigenvalue weighted by Crippen LogP contribution is -2.13. The van der Waals surface area contributed by atoms with Crippen molar-refractivity contribution in [1.82, 2.24) is 4.98 Å². The van der Waals surface area contributed by atoms with Crippen molar-refractivity contribution in [1.29, 1.82) is 0 Å². The summed E-state index contributed by atoms with van der Waals surface area (Å²) < 4.78 is 0. The number of rotatable bonds is 3. The van der Waals surface area contributed by atoms with Gasteiger partial charge in [0.2, 0.25) is 0 Å². The highest BCUT2D eigenvalue weighted by molar-refractivity contribution is 4.84. The SMILES string of the molecule is O=NC(CO)CO.c1cc[nH]c1. The molecule has 0 saturated heterocycles. The van der Waals surface area contributed by atoms with Gasteiger partial charge in [-0.3, -0.25) is 0 Å². The summed E-state index contributed by atoms with van der Waals surface area (Å²) in [6, 6.07) is 3.06. The van der Waals surface area contributed by atoms with Crippen molar-refractivity contribution in [3.8, 4) is 0 Å². The number of aromatic nitrogens is 1. The summed E-state index contributed by atoms with van der Waals surface area (Å²) in [6.45, 7) is -0.750. The Bertz CT molecular complexity index is 156. The van der Waals surface area contributed by atoms with Crippen LogP contribution in [0.15, 0.2) is 29.7 Å². The molecule has 68 valence electrons. The van der Waals surface area contributed by atoms with Crippen molar-refractivity contribution in [2.75, 3.05) is 13.2 Å². The zero-order valence-electron chi connectivity index (χ0n) is 6.55. The maximum absolute atomic E-state index is 9.40. The highest BCUT2D eigenvalue weighted by atomic mass is 16.3. The van der Waals surface area contributed by atoms with E-state index < -0.39 is 6.04 Å². The summed E-state index contributed by atoms with van der Waals surface area (Å²) in [5.41, 5.74) is 0. The topological polar surface area (TPSA) is 85.7 Å². The molecule has 12 heavy (non-hydrogen) atoms. The summed E-state index contributed by atoms with van der Waals surface area (Å²) in [5.74, 6) is 0. The highest BCUT2D eigenvalue weighted by Gasteiger charge is 2.01. The predicted octanol–water partition coefficient (Wildman–Crippen LogP) is 0.121. The molecule has 0 fully saturated rings. The van der Waals surface area contributed by atoms with E-state index in [1.54, 1.807) is 0 Å². The third-order valence-electron chi connectivity index (χ3n) is 1.07. The number of hydrogen-bond donors (Lipinski definition) is 3. The second kappa shape index (κ2) is 7.90. The van der Waals surface area contributed by atoms with Gasteiger partial charge in [-0.15, -0.1) is 0 Å². The molecule has 0 bridgehead atoms. The van der Waals surface area contributed by atoms with Gasteiger partial charge in [0.05, 0.1) is 13.2 Å². The third-order valence-corrected chi connectivity index (χ3v) is 1.07. The maximum atomic E-state index is 9.40. The van der Waals surface area contributed by atoms with Crippen LogP contribution in [-0.4, -0.2) is 34.5 Å². The molecular weight excluding hydrogens is 160 g/mol. The molecular formula is C7H12N2O3. The first-order valence-corrected chi connectivity index (χ1v) is 3.47. The van der Waals surface area contributed by atoms with Crippen molar-refractivity contribution in [2.45, 2.75) is 6.04 Å². The normalized spacial score (nSPS) is 8.92. The van der Waals surface area contributed by atoms with E-state index in [1.807, 2.05) is 24.5 Å². The minimum absolute atomic E-state index is 0.375. The number of aromatic amines is 1. The van der Waals surface area contributed by atoms with Gasteiger partial charge >= 0.3 is 0 Å². The Morgan fingerprint density at radius 3 is 1.83 bits per heavy atom. The molecule has 1 aromatic heterocycles. The summed E-state index contributed by atoms with van der Waals surface area (Å²) >= 11 is 0. The fourth-order valence-corrected chi connectivity index (χ4v) is 0.402. The second-order valence-corrected chi connectivity index (χ2v) is 2.01. The van der Waals surface area contributed by atoms with Crippen LogP contribution >= 0.6 is 0 Å². The van der Waals surface area contributed by atoms with Crippen molar-refractivity contribution in [3.63, 3.8) is 0 Å². The van der Waals surface area contributed by atoms with Gasteiger partial charge in [-0.2, -0.15) is 4.91 Å². The van der Waals surface area contributed by atoms with Crippen LogP contribution in [0.1, 0.15) is 0 Å². The number of H-pyrrole nitrogens is 1. The van der Waals surface area contributed by atoms with Crippen molar-refractivity contribution < 1.29 is 10.2 Å². The van der Waals surface area contributed by atoms with Gasteiger partial charge in [-0.25, -0.2) is 0 Å². The lowest BCUT2D eigenvalue weighted by atomic mass is 10.4. The Hall–Kier alpha value is -1.20. The van der Waals surface area contributed by atoms with Gasteiger partial charge in [0.1, 0.15) is 6.04 Å². The summed E-state index contributed by atoms with van der Waals surface area (Å²) in [4.78, 5) is 12.3. The quantitative estimate of drug-likeness (QED) is 0.566. The minimum Gasteiger partial charge on any atom is -0.394 e. The Morgan fingerprint density at radius 1 is 1.25 bits per heavy atom. The molecule has 0 radical (unpaired) electrons. The Labute approximate surface area is 70.0 Å². The van der Waals surface area contributed by atoms with Crippen LogP contribution in [0.5, 0.6) is 0 Å². The molecule has 0 amide bonds. The molecule has 0 saturated carbocycles. The maximum Gasteiger partial charge on any atom is 0.138 e. The zero-order valence-corrected chi connectivity index (χ0v) is 6.55. The first kappa shape index (κ1) is 10.8. The third kappa shape index (κ3) is 5.57. The molecule has 5 nitrogen and oxygen atoms in total.